The molecule has 1 unspecified atom stereocenters. The minimum absolute atomic E-state index is 0.570. The zero-order valence-corrected chi connectivity index (χ0v) is 11.7. The van der Waals surface area contributed by atoms with Gasteiger partial charge in [-0.2, -0.15) is 0 Å². The summed E-state index contributed by atoms with van der Waals surface area (Å²) in [5.41, 5.74) is 0. The van der Waals surface area contributed by atoms with Crippen LogP contribution < -0.4 is 5.32 Å². The summed E-state index contributed by atoms with van der Waals surface area (Å²) in [7, 11) is 0. The van der Waals surface area contributed by atoms with Gasteiger partial charge >= 0.3 is 0 Å². The third-order valence-corrected chi connectivity index (χ3v) is 4.74. The highest BCUT2D eigenvalue weighted by Crippen LogP contribution is 2.23. The molecule has 0 spiro atoms. The Kier molecular flexibility index (Phi) is 4.11. The molecule has 1 aliphatic rings. The number of thiophene rings is 1. The molecule has 0 amide bonds. The minimum Gasteiger partial charge on any atom is -0.362 e. The number of halogens is 1. The summed E-state index contributed by atoms with van der Waals surface area (Å²) >= 11 is 7.03. The van der Waals surface area contributed by atoms with E-state index in [2.05, 4.69) is 45.3 Å². The number of hydrogen-bond donors (Lipinski definition) is 1. The first-order valence-electron chi connectivity index (χ1n) is 4.92. The Labute approximate surface area is 107 Å². The van der Waals surface area contributed by atoms with E-state index in [1.807, 2.05) is 11.8 Å². The molecule has 1 aromatic rings. The van der Waals surface area contributed by atoms with Crippen LogP contribution in [0.15, 0.2) is 20.9 Å². The largest absolute Gasteiger partial charge is 0.362 e. The molecule has 1 N–H and O–H groups in total. The zero-order valence-electron chi connectivity index (χ0n) is 8.50. The standard InChI is InChI=1S/C10H13BrN2S2/c1-7-4-5-14-10(13-7)12-6-8-2-3-9(11)15-8/h2-3,7H,4-6H2,1H3,(H,12,13). The van der Waals surface area contributed by atoms with E-state index in [-0.39, 0.29) is 0 Å². The van der Waals surface area contributed by atoms with Crippen LogP contribution in [0.5, 0.6) is 0 Å². The van der Waals surface area contributed by atoms with Crippen LogP contribution in [0.3, 0.4) is 0 Å². The maximum Gasteiger partial charge on any atom is 0.157 e. The first kappa shape index (κ1) is 11.5. The van der Waals surface area contributed by atoms with Gasteiger partial charge in [-0.1, -0.05) is 11.8 Å². The van der Waals surface area contributed by atoms with Gasteiger partial charge in [-0.25, -0.2) is 0 Å². The Balaban J connectivity index is 1.93. The SMILES string of the molecule is CC1CCSC(=NCc2ccc(Br)s2)N1. The van der Waals surface area contributed by atoms with Crippen molar-refractivity contribution in [3.63, 3.8) is 0 Å². The molecule has 5 heteroatoms. The molecule has 1 atom stereocenters. The minimum atomic E-state index is 0.570. The van der Waals surface area contributed by atoms with Crippen LogP contribution in [0.2, 0.25) is 0 Å². The van der Waals surface area contributed by atoms with E-state index in [0.29, 0.717) is 6.04 Å². The van der Waals surface area contributed by atoms with E-state index in [1.165, 1.54) is 20.8 Å². The van der Waals surface area contributed by atoms with Crippen LogP contribution in [0.4, 0.5) is 0 Å². The highest BCUT2D eigenvalue weighted by atomic mass is 79.9. The number of nitrogens with zero attached hydrogens (tertiary/aromatic N) is 1. The third-order valence-electron chi connectivity index (χ3n) is 2.17. The molecule has 2 nitrogen and oxygen atoms in total. The van der Waals surface area contributed by atoms with Crippen LogP contribution in [0.1, 0.15) is 18.2 Å². The van der Waals surface area contributed by atoms with Crippen molar-refractivity contribution >= 4 is 44.2 Å². The number of rotatable bonds is 2. The van der Waals surface area contributed by atoms with E-state index in [0.717, 1.165) is 11.7 Å². The number of nitrogens with one attached hydrogen (secondary N) is 1. The monoisotopic (exact) mass is 304 g/mol. The van der Waals surface area contributed by atoms with E-state index < -0.39 is 0 Å². The fourth-order valence-electron chi connectivity index (χ4n) is 1.33. The summed E-state index contributed by atoms with van der Waals surface area (Å²) in [6.45, 7) is 3.00. The van der Waals surface area contributed by atoms with Crippen LogP contribution in [-0.2, 0) is 6.54 Å². The molecule has 1 fully saturated rings. The average molecular weight is 305 g/mol. The summed E-state index contributed by atoms with van der Waals surface area (Å²) in [5.74, 6) is 1.18. The highest BCUT2D eigenvalue weighted by molar-refractivity contribution is 9.11. The molecule has 0 bridgehead atoms. The Morgan fingerprint density at radius 2 is 2.47 bits per heavy atom. The normalized spacial score (nSPS) is 24.1. The molecule has 0 aromatic carbocycles. The second-order valence-corrected chi connectivity index (χ2v) is 7.14. The van der Waals surface area contributed by atoms with Crippen molar-refractivity contribution in [1.29, 1.82) is 0 Å². The second-order valence-electron chi connectivity index (χ2n) is 3.51. The van der Waals surface area contributed by atoms with Crippen molar-refractivity contribution in [2.24, 2.45) is 4.99 Å². The second kappa shape index (κ2) is 5.37. The van der Waals surface area contributed by atoms with Gasteiger partial charge in [-0.05, 0) is 41.4 Å². The van der Waals surface area contributed by atoms with Crippen molar-refractivity contribution in [1.82, 2.24) is 5.32 Å². The Morgan fingerprint density at radius 1 is 1.60 bits per heavy atom. The van der Waals surface area contributed by atoms with Crippen LogP contribution in [0.25, 0.3) is 0 Å². The van der Waals surface area contributed by atoms with Crippen molar-refractivity contribution < 1.29 is 0 Å². The first-order chi connectivity index (χ1) is 7.24. The van der Waals surface area contributed by atoms with Gasteiger partial charge in [0.05, 0.1) is 10.3 Å². The van der Waals surface area contributed by atoms with Crippen molar-refractivity contribution in [3.8, 4) is 0 Å². The lowest BCUT2D eigenvalue weighted by Crippen LogP contribution is -2.35. The number of amidine groups is 1. The molecule has 0 radical (unpaired) electrons. The maximum atomic E-state index is 4.58. The molecule has 82 valence electrons. The van der Waals surface area contributed by atoms with Gasteiger partial charge in [-0.15, -0.1) is 11.3 Å². The van der Waals surface area contributed by atoms with Gasteiger partial charge in [0.2, 0.25) is 0 Å². The summed E-state index contributed by atoms with van der Waals surface area (Å²) in [5, 5.41) is 4.49. The van der Waals surface area contributed by atoms with Gasteiger partial charge in [0.15, 0.2) is 5.17 Å². The molecule has 1 saturated heterocycles. The Hall–Kier alpha value is -0.0000000000000000278. The zero-order chi connectivity index (χ0) is 10.7. The van der Waals surface area contributed by atoms with Crippen LogP contribution in [0, 0.1) is 0 Å². The molecule has 1 aliphatic heterocycles. The fraction of sp³-hybridized carbons (Fsp3) is 0.500. The summed E-state index contributed by atoms with van der Waals surface area (Å²) < 4.78 is 1.18. The van der Waals surface area contributed by atoms with Crippen LogP contribution >= 0.6 is 39.0 Å². The summed E-state index contributed by atoms with van der Waals surface area (Å²) in [4.78, 5) is 5.88. The molecule has 15 heavy (non-hydrogen) atoms. The Morgan fingerprint density at radius 3 is 3.13 bits per heavy atom. The number of hydrogen-bond acceptors (Lipinski definition) is 3. The van der Waals surface area contributed by atoms with Gasteiger partial charge in [-0.3, -0.25) is 4.99 Å². The Bertz CT molecular complexity index is 362. The molecular weight excluding hydrogens is 292 g/mol. The van der Waals surface area contributed by atoms with E-state index >= 15 is 0 Å². The highest BCUT2D eigenvalue weighted by Gasteiger charge is 2.12. The fourth-order valence-corrected chi connectivity index (χ4v) is 3.85. The van der Waals surface area contributed by atoms with Gasteiger partial charge in [0.25, 0.3) is 0 Å². The van der Waals surface area contributed by atoms with E-state index in [4.69, 9.17) is 0 Å². The average Bonchev–Trinajstić information content (AvgIpc) is 2.62. The molecule has 2 heterocycles. The molecule has 2 rings (SSSR count). The van der Waals surface area contributed by atoms with Crippen molar-refractivity contribution in [2.75, 3.05) is 5.75 Å². The predicted octanol–water partition coefficient (Wildman–Crippen LogP) is 3.48. The summed E-state index contributed by atoms with van der Waals surface area (Å²) in [6, 6.07) is 4.76. The first-order valence-corrected chi connectivity index (χ1v) is 7.51. The predicted molar refractivity (Wildman–Crippen MR) is 72.8 cm³/mol. The molecular formula is C10H13BrN2S2. The third kappa shape index (κ3) is 3.50. The lowest BCUT2D eigenvalue weighted by atomic mass is 10.3. The molecule has 1 aromatic heterocycles. The van der Waals surface area contributed by atoms with E-state index in [9.17, 15) is 0 Å². The van der Waals surface area contributed by atoms with Crippen molar-refractivity contribution in [2.45, 2.75) is 25.9 Å². The summed E-state index contributed by atoms with van der Waals surface area (Å²) in [6.07, 6.45) is 1.23. The van der Waals surface area contributed by atoms with Gasteiger partial charge in [0.1, 0.15) is 0 Å². The van der Waals surface area contributed by atoms with Crippen LogP contribution in [-0.4, -0.2) is 17.0 Å². The number of thioether (sulfide) groups is 1. The molecule has 0 aliphatic carbocycles. The quantitative estimate of drug-likeness (QED) is 0.904. The maximum absolute atomic E-state index is 4.58. The van der Waals surface area contributed by atoms with Gasteiger partial charge in [0, 0.05) is 16.7 Å². The smallest absolute Gasteiger partial charge is 0.157 e. The van der Waals surface area contributed by atoms with Gasteiger partial charge < -0.3 is 5.32 Å². The van der Waals surface area contributed by atoms with Crippen molar-refractivity contribution in [3.05, 3.63) is 20.8 Å². The lowest BCUT2D eigenvalue weighted by molar-refractivity contribution is 0.642. The number of aliphatic imine (C=N–C) groups is 1. The molecule has 0 saturated carbocycles. The van der Waals surface area contributed by atoms with E-state index in [1.54, 1.807) is 11.3 Å². The topological polar surface area (TPSA) is 24.4 Å². The lowest BCUT2D eigenvalue weighted by Gasteiger charge is -2.21.